The second-order valence-electron chi connectivity index (χ2n) is 7.87. The van der Waals surface area contributed by atoms with Crippen molar-refractivity contribution >= 4 is 17.8 Å². The van der Waals surface area contributed by atoms with E-state index in [1.807, 2.05) is 13.8 Å². The molecule has 1 heterocycles. The highest BCUT2D eigenvalue weighted by atomic mass is 17.5. The van der Waals surface area contributed by atoms with Crippen molar-refractivity contribution in [2.24, 2.45) is 5.41 Å². The Morgan fingerprint density at radius 2 is 1.50 bits per heavy atom. The van der Waals surface area contributed by atoms with Crippen LogP contribution in [0.2, 0.25) is 0 Å². The molecule has 0 N–H and O–H groups in total. The Morgan fingerprint density at radius 3 is 1.96 bits per heavy atom. The third kappa shape index (κ3) is 5.72. The van der Waals surface area contributed by atoms with Crippen molar-refractivity contribution in [1.82, 2.24) is 4.90 Å². The Morgan fingerprint density at radius 1 is 1.00 bits per heavy atom. The average Bonchev–Trinajstić information content (AvgIpc) is 2.58. The summed E-state index contributed by atoms with van der Waals surface area (Å²) in [6, 6.07) is 0. The molecule has 0 saturated heterocycles. The number of hydrogen-bond acceptors (Lipinski definition) is 6. The van der Waals surface area contributed by atoms with Gasteiger partial charge in [-0.3, -0.25) is 19.4 Å². The van der Waals surface area contributed by atoms with E-state index in [0.29, 0.717) is 17.6 Å². The number of imide groups is 1. The van der Waals surface area contributed by atoms with Crippen LogP contribution < -0.4 is 0 Å². The lowest BCUT2D eigenvalue weighted by atomic mass is 9.84. The van der Waals surface area contributed by atoms with Crippen molar-refractivity contribution in [3.05, 3.63) is 11.1 Å². The summed E-state index contributed by atoms with van der Waals surface area (Å²) in [6.07, 6.45) is 0.527. The second kappa shape index (κ2) is 7.44. The summed E-state index contributed by atoms with van der Waals surface area (Å²) in [6.45, 7) is 12.9. The molecule has 0 atom stereocenters. The zero-order chi connectivity index (χ0) is 18.7. The zero-order valence-electron chi connectivity index (χ0n) is 15.5. The molecule has 7 nitrogen and oxygen atoms in total. The minimum atomic E-state index is -0.718. The van der Waals surface area contributed by atoms with Gasteiger partial charge >= 0.3 is 5.97 Å². The minimum absolute atomic E-state index is 0.0239. The molecule has 1 aliphatic heterocycles. The van der Waals surface area contributed by atoms with Crippen LogP contribution in [0.4, 0.5) is 0 Å². The molecule has 0 bridgehead atoms. The molecule has 0 aromatic rings. The smallest absolute Gasteiger partial charge is 0.274 e. The summed E-state index contributed by atoms with van der Waals surface area (Å²) in [5.74, 6) is -1.48. The van der Waals surface area contributed by atoms with E-state index >= 15 is 0 Å². The first kappa shape index (κ1) is 20.3. The van der Waals surface area contributed by atoms with Crippen LogP contribution in [0.3, 0.4) is 0 Å². The first-order valence-corrected chi connectivity index (χ1v) is 7.93. The highest BCUT2D eigenvalue weighted by Gasteiger charge is 2.33. The van der Waals surface area contributed by atoms with E-state index in [0.717, 1.165) is 4.90 Å². The normalized spacial score (nSPS) is 16.2. The highest BCUT2D eigenvalue weighted by molar-refractivity contribution is 6.18. The molecular weight excluding hydrogens is 314 g/mol. The summed E-state index contributed by atoms with van der Waals surface area (Å²) in [5, 5.41) is 4.57. The average molecular weight is 341 g/mol. The third-order valence-electron chi connectivity index (χ3n) is 3.58. The molecule has 0 saturated carbocycles. The fraction of sp³-hybridized carbons (Fsp3) is 0.706. The monoisotopic (exact) mass is 341 g/mol. The molecule has 136 valence electrons. The van der Waals surface area contributed by atoms with Crippen LogP contribution in [-0.4, -0.2) is 34.8 Å². The maximum atomic E-state index is 11.9. The topological polar surface area (TPSA) is 82.1 Å². The number of amides is 2. The summed E-state index contributed by atoms with van der Waals surface area (Å²) in [5.41, 5.74) is 0.196. The van der Waals surface area contributed by atoms with Gasteiger partial charge in [0.1, 0.15) is 5.60 Å². The van der Waals surface area contributed by atoms with Crippen LogP contribution in [-0.2, 0) is 29.2 Å². The molecule has 0 unspecified atom stereocenters. The van der Waals surface area contributed by atoms with Crippen LogP contribution in [0.15, 0.2) is 11.1 Å². The predicted molar refractivity (Wildman–Crippen MR) is 86.1 cm³/mol. The summed E-state index contributed by atoms with van der Waals surface area (Å²) >= 11 is 0. The van der Waals surface area contributed by atoms with Crippen LogP contribution >= 0.6 is 0 Å². The van der Waals surface area contributed by atoms with Gasteiger partial charge in [0.05, 0.1) is 6.42 Å². The number of rotatable bonds is 7. The lowest BCUT2D eigenvalue weighted by Gasteiger charge is -2.29. The van der Waals surface area contributed by atoms with E-state index in [1.54, 1.807) is 13.8 Å². The largest absolute Gasteiger partial charge is 0.347 e. The van der Waals surface area contributed by atoms with Gasteiger partial charge in [0.15, 0.2) is 0 Å². The Labute approximate surface area is 142 Å². The van der Waals surface area contributed by atoms with Crippen molar-refractivity contribution in [1.29, 1.82) is 0 Å². The van der Waals surface area contributed by atoms with Crippen molar-refractivity contribution in [2.45, 2.75) is 66.9 Å². The van der Waals surface area contributed by atoms with Crippen LogP contribution in [0.1, 0.15) is 61.3 Å². The predicted octanol–water partition coefficient (Wildman–Crippen LogP) is 2.70. The quantitative estimate of drug-likeness (QED) is 0.402. The van der Waals surface area contributed by atoms with E-state index in [1.165, 1.54) is 0 Å². The van der Waals surface area contributed by atoms with Gasteiger partial charge in [-0.05, 0) is 44.6 Å². The third-order valence-corrected chi connectivity index (χ3v) is 3.58. The summed E-state index contributed by atoms with van der Waals surface area (Å²) in [7, 11) is 0. The molecule has 0 radical (unpaired) electrons. The molecule has 0 aliphatic carbocycles. The lowest BCUT2D eigenvalue weighted by Crippen LogP contribution is -2.34. The van der Waals surface area contributed by atoms with Gasteiger partial charge in [0.25, 0.3) is 11.8 Å². The van der Waals surface area contributed by atoms with Crippen molar-refractivity contribution < 1.29 is 29.2 Å². The second-order valence-corrected chi connectivity index (χ2v) is 7.87. The number of carbonyl (C=O) groups excluding carboxylic acids is 3. The number of hydrogen-bond donors (Lipinski definition) is 0. The SMILES string of the molecule is CC1=C(C)C(=O)N(CCC(=O)OOOC(C)(C)CC(C)(C)C)C1=O. The molecular formula is C17H27NO6. The molecule has 1 aliphatic rings. The molecule has 0 aromatic heterocycles. The number of nitrogens with zero attached hydrogens (tertiary/aromatic N) is 1. The van der Waals surface area contributed by atoms with Gasteiger partial charge in [-0.25, -0.2) is 4.79 Å². The van der Waals surface area contributed by atoms with Crippen LogP contribution in [0, 0.1) is 5.41 Å². The Hall–Kier alpha value is -1.73. The lowest BCUT2D eigenvalue weighted by molar-refractivity contribution is -0.518. The van der Waals surface area contributed by atoms with E-state index in [9.17, 15) is 14.4 Å². The van der Waals surface area contributed by atoms with Gasteiger partial charge in [-0.1, -0.05) is 20.8 Å². The van der Waals surface area contributed by atoms with Gasteiger partial charge in [-0.15, -0.1) is 0 Å². The van der Waals surface area contributed by atoms with E-state index < -0.39 is 11.6 Å². The minimum Gasteiger partial charge on any atom is -0.274 e. The molecule has 24 heavy (non-hydrogen) atoms. The fourth-order valence-corrected chi connectivity index (χ4v) is 2.72. The maximum Gasteiger partial charge on any atom is 0.347 e. The number of carbonyl (C=O) groups is 3. The van der Waals surface area contributed by atoms with Gasteiger partial charge in [0.2, 0.25) is 0 Å². The first-order chi connectivity index (χ1) is 10.8. The van der Waals surface area contributed by atoms with Crippen molar-refractivity contribution in [3.63, 3.8) is 0 Å². The standard InChI is InChI=1S/C17H27NO6/c1-11-12(2)15(21)18(14(11)20)9-8-13(19)22-24-23-17(6,7)10-16(3,4)5/h8-10H2,1-7H3. The molecule has 0 aromatic carbocycles. The molecule has 0 spiro atoms. The summed E-state index contributed by atoms with van der Waals surface area (Å²) in [4.78, 5) is 46.1. The Balaban J connectivity index is 2.36. The van der Waals surface area contributed by atoms with E-state index in [4.69, 9.17) is 4.89 Å². The van der Waals surface area contributed by atoms with Crippen molar-refractivity contribution in [3.8, 4) is 0 Å². The van der Waals surface area contributed by atoms with Crippen molar-refractivity contribution in [2.75, 3.05) is 6.54 Å². The van der Waals surface area contributed by atoms with E-state index in [2.05, 4.69) is 30.7 Å². The van der Waals surface area contributed by atoms with E-state index in [-0.39, 0.29) is 30.2 Å². The van der Waals surface area contributed by atoms with Gasteiger partial charge < -0.3 is 0 Å². The highest BCUT2D eigenvalue weighted by Crippen LogP contribution is 2.29. The van der Waals surface area contributed by atoms with Crippen LogP contribution in [0.25, 0.3) is 0 Å². The zero-order valence-corrected chi connectivity index (χ0v) is 15.5. The Bertz CT molecular complexity index is 532. The molecule has 2 amide bonds. The first-order valence-electron chi connectivity index (χ1n) is 7.93. The van der Waals surface area contributed by atoms with Crippen LogP contribution in [0.5, 0.6) is 0 Å². The Kier molecular flexibility index (Phi) is 6.30. The maximum absolute atomic E-state index is 11.9. The molecule has 0 fully saturated rings. The summed E-state index contributed by atoms with van der Waals surface area (Å²) < 4.78 is 0. The van der Waals surface area contributed by atoms with Gasteiger partial charge in [0, 0.05) is 17.7 Å². The molecule has 1 rings (SSSR count). The molecule has 7 heteroatoms. The fourth-order valence-electron chi connectivity index (χ4n) is 2.72. The van der Waals surface area contributed by atoms with Gasteiger partial charge in [-0.2, -0.15) is 4.89 Å².